The van der Waals surface area contributed by atoms with E-state index >= 15 is 0 Å². The van der Waals surface area contributed by atoms with Crippen LogP contribution >= 0.6 is 0 Å². The normalized spacial score (nSPS) is 12.2. The van der Waals surface area contributed by atoms with Crippen LogP contribution in [0.1, 0.15) is 0 Å². The lowest BCUT2D eigenvalue weighted by atomic mass is 9.90. The van der Waals surface area contributed by atoms with Crippen LogP contribution in [0.5, 0.6) is 0 Å². The molecule has 0 nitrogen and oxygen atoms in total. The molecule has 0 spiro atoms. The van der Waals surface area contributed by atoms with E-state index in [1.54, 1.807) is 0 Å². The van der Waals surface area contributed by atoms with Crippen LogP contribution in [0.2, 0.25) is 0 Å². The van der Waals surface area contributed by atoms with Crippen molar-refractivity contribution in [3.8, 4) is 0 Å². The van der Waals surface area contributed by atoms with Crippen molar-refractivity contribution >= 4 is 53.9 Å². The average Bonchev–Trinajstić information content (AvgIpc) is 2.64. The molecule has 0 N–H and O–H groups in total. The van der Waals surface area contributed by atoms with E-state index in [1.165, 1.54) is 53.9 Å². The monoisotopic (exact) mass is 301 g/mol. The third kappa shape index (κ3) is 1.48. The molecular weight excluding hydrogens is 288 g/mol. The molecule has 0 unspecified atom stereocenters. The molecule has 6 aromatic carbocycles. The first-order valence-electron chi connectivity index (χ1n) is 8.29. The smallest absolute Gasteiger partial charge is 0.00201 e. The average molecular weight is 301 g/mol. The van der Waals surface area contributed by atoms with Gasteiger partial charge in [0.15, 0.2) is 0 Å². The molecule has 0 amide bonds. The predicted molar refractivity (Wildman–Crippen MR) is 104 cm³/mol. The second kappa shape index (κ2) is 4.24. The molecule has 0 saturated heterocycles. The van der Waals surface area contributed by atoms with Gasteiger partial charge in [0, 0.05) is 0 Å². The summed E-state index contributed by atoms with van der Waals surface area (Å²) in [5, 5.41) is 13.1. The van der Waals surface area contributed by atoms with Crippen LogP contribution in [0, 0.1) is 6.07 Å². The fourth-order valence-electron chi connectivity index (χ4n) is 4.15. The highest BCUT2D eigenvalue weighted by Crippen LogP contribution is 2.39. The first-order valence-corrected chi connectivity index (χ1v) is 8.29. The first-order chi connectivity index (χ1) is 11.9. The van der Waals surface area contributed by atoms with E-state index in [9.17, 15) is 0 Å². The SMILES string of the molecule is [c]1ccc2ccc3cc4cc5ccccc5cc4c4ccc1c2c34. The summed E-state index contributed by atoms with van der Waals surface area (Å²) in [6.45, 7) is 0. The van der Waals surface area contributed by atoms with Crippen molar-refractivity contribution in [2.75, 3.05) is 0 Å². The Balaban J connectivity index is 1.95. The van der Waals surface area contributed by atoms with E-state index in [-0.39, 0.29) is 0 Å². The summed E-state index contributed by atoms with van der Waals surface area (Å²) in [6.07, 6.45) is 0. The summed E-state index contributed by atoms with van der Waals surface area (Å²) in [7, 11) is 0. The summed E-state index contributed by atoms with van der Waals surface area (Å²) in [5.74, 6) is 0. The molecule has 0 aliphatic carbocycles. The van der Waals surface area contributed by atoms with E-state index in [4.69, 9.17) is 0 Å². The fraction of sp³-hybridized carbons (Fsp3) is 0. The number of hydrogen-bond donors (Lipinski definition) is 0. The van der Waals surface area contributed by atoms with Gasteiger partial charge in [-0.25, -0.2) is 0 Å². The second-order valence-electron chi connectivity index (χ2n) is 6.56. The third-order valence-corrected chi connectivity index (χ3v) is 5.25. The van der Waals surface area contributed by atoms with Gasteiger partial charge in [-0.15, -0.1) is 0 Å². The zero-order valence-electron chi connectivity index (χ0n) is 13.0. The van der Waals surface area contributed by atoms with Crippen molar-refractivity contribution in [1.29, 1.82) is 0 Å². The molecule has 6 aromatic rings. The summed E-state index contributed by atoms with van der Waals surface area (Å²) < 4.78 is 0. The molecule has 0 atom stereocenters. The highest BCUT2D eigenvalue weighted by molar-refractivity contribution is 6.29. The van der Waals surface area contributed by atoms with E-state index in [2.05, 4.69) is 78.9 Å². The van der Waals surface area contributed by atoms with E-state index in [0.717, 1.165) is 0 Å². The summed E-state index contributed by atoms with van der Waals surface area (Å²) in [5.41, 5.74) is 0. The predicted octanol–water partition coefficient (Wildman–Crippen LogP) is 6.69. The van der Waals surface area contributed by atoms with Crippen molar-refractivity contribution < 1.29 is 0 Å². The van der Waals surface area contributed by atoms with Gasteiger partial charge in [0.25, 0.3) is 0 Å². The van der Waals surface area contributed by atoms with Crippen molar-refractivity contribution in [1.82, 2.24) is 0 Å². The molecule has 0 heteroatoms. The number of hydrogen-bond acceptors (Lipinski definition) is 0. The Labute approximate surface area is 139 Å². The van der Waals surface area contributed by atoms with Gasteiger partial charge < -0.3 is 0 Å². The third-order valence-electron chi connectivity index (χ3n) is 5.25. The van der Waals surface area contributed by atoms with Gasteiger partial charge in [0.05, 0.1) is 0 Å². The number of benzene rings is 6. The highest BCUT2D eigenvalue weighted by atomic mass is 14.1. The molecular formula is C24H13. The van der Waals surface area contributed by atoms with Crippen molar-refractivity contribution in [3.05, 3.63) is 84.9 Å². The van der Waals surface area contributed by atoms with Crippen LogP contribution in [0.4, 0.5) is 0 Å². The van der Waals surface area contributed by atoms with Crippen LogP contribution in [-0.2, 0) is 0 Å². The van der Waals surface area contributed by atoms with Crippen molar-refractivity contribution in [3.63, 3.8) is 0 Å². The van der Waals surface area contributed by atoms with Gasteiger partial charge in [-0.3, -0.25) is 0 Å². The molecule has 0 heterocycles. The largest absolute Gasteiger partial charge is 0.0616 e. The summed E-state index contributed by atoms with van der Waals surface area (Å²) in [4.78, 5) is 0. The Bertz CT molecular complexity index is 1370. The Morgan fingerprint density at radius 2 is 1.29 bits per heavy atom. The maximum Gasteiger partial charge on any atom is -0.00201 e. The van der Waals surface area contributed by atoms with E-state index in [0.29, 0.717) is 0 Å². The van der Waals surface area contributed by atoms with Crippen LogP contribution < -0.4 is 0 Å². The molecule has 0 fully saturated rings. The maximum atomic E-state index is 3.39. The minimum atomic E-state index is 1.20. The molecule has 0 aromatic heterocycles. The molecule has 0 aliphatic rings. The van der Waals surface area contributed by atoms with Gasteiger partial charge in [0.2, 0.25) is 0 Å². The first kappa shape index (κ1) is 12.3. The highest BCUT2D eigenvalue weighted by Gasteiger charge is 2.11. The standard InChI is InChI=1S/C24H13/c1-2-5-18-14-22-20(12-17(18)4-1)13-19-9-8-15-6-3-7-16-10-11-21(22)24(19)23(15)16/h1-6,8-14H. The number of fused-ring (bicyclic) bond motifs is 3. The molecule has 0 saturated carbocycles. The second-order valence-corrected chi connectivity index (χ2v) is 6.56. The van der Waals surface area contributed by atoms with E-state index in [1.807, 2.05) is 6.07 Å². The Hall–Kier alpha value is -3.12. The quantitative estimate of drug-likeness (QED) is 0.216. The topological polar surface area (TPSA) is 0 Å². The van der Waals surface area contributed by atoms with Gasteiger partial charge >= 0.3 is 0 Å². The Kier molecular flexibility index (Phi) is 2.18. The van der Waals surface area contributed by atoms with Crippen molar-refractivity contribution in [2.45, 2.75) is 0 Å². The zero-order valence-corrected chi connectivity index (χ0v) is 13.0. The molecule has 1 radical (unpaired) electrons. The zero-order chi connectivity index (χ0) is 15.7. The van der Waals surface area contributed by atoms with Crippen molar-refractivity contribution in [2.24, 2.45) is 0 Å². The molecule has 24 heavy (non-hydrogen) atoms. The lowest BCUT2D eigenvalue weighted by molar-refractivity contribution is 1.78. The van der Waals surface area contributed by atoms with Crippen LogP contribution in [0.15, 0.2) is 78.9 Å². The summed E-state index contributed by atoms with van der Waals surface area (Å²) in [6, 6.07) is 32.1. The summed E-state index contributed by atoms with van der Waals surface area (Å²) >= 11 is 0. The molecule has 0 aliphatic heterocycles. The Morgan fingerprint density at radius 1 is 0.500 bits per heavy atom. The van der Waals surface area contributed by atoms with Crippen LogP contribution in [0.3, 0.4) is 0 Å². The minimum Gasteiger partial charge on any atom is -0.0616 e. The van der Waals surface area contributed by atoms with Gasteiger partial charge in [0.1, 0.15) is 0 Å². The Morgan fingerprint density at radius 3 is 2.21 bits per heavy atom. The van der Waals surface area contributed by atoms with Gasteiger partial charge in [-0.1, -0.05) is 60.7 Å². The fourth-order valence-corrected chi connectivity index (χ4v) is 4.15. The minimum absolute atomic E-state index is 1.20. The lowest BCUT2D eigenvalue weighted by Gasteiger charge is -2.13. The molecule has 6 rings (SSSR count). The lowest BCUT2D eigenvalue weighted by Crippen LogP contribution is -1.86. The number of rotatable bonds is 0. The van der Waals surface area contributed by atoms with Gasteiger partial charge in [-0.05, 0) is 78.1 Å². The van der Waals surface area contributed by atoms with Crippen LogP contribution in [-0.4, -0.2) is 0 Å². The molecule has 109 valence electrons. The molecule has 0 bridgehead atoms. The van der Waals surface area contributed by atoms with E-state index < -0.39 is 0 Å². The van der Waals surface area contributed by atoms with Crippen LogP contribution in [0.25, 0.3) is 53.9 Å². The maximum absolute atomic E-state index is 3.39. The van der Waals surface area contributed by atoms with Gasteiger partial charge in [-0.2, -0.15) is 0 Å².